The Morgan fingerprint density at radius 3 is 3.05 bits per heavy atom. The van der Waals surface area contributed by atoms with Gasteiger partial charge in [0.2, 0.25) is 0 Å². The minimum absolute atomic E-state index is 0.0956. The maximum Gasteiger partial charge on any atom is 0.0881 e. The Kier molecular flexibility index (Phi) is 4.05. The summed E-state index contributed by atoms with van der Waals surface area (Å²) >= 11 is 0. The molecule has 0 aliphatic carbocycles. The molecule has 0 amide bonds. The summed E-state index contributed by atoms with van der Waals surface area (Å²) < 4.78 is 8.12. The third kappa shape index (κ3) is 2.73. The number of ether oxygens (including phenoxy) is 1. The maximum absolute atomic E-state index is 9.19. The first-order chi connectivity index (χ1) is 9.80. The van der Waals surface area contributed by atoms with Crippen molar-refractivity contribution in [2.75, 3.05) is 26.2 Å². The number of aliphatic hydroxyl groups is 1. The molecule has 1 fully saturated rings. The van der Waals surface area contributed by atoms with Crippen LogP contribution in [0.5, 0.6) is 0 Å². The quantitative estimate of drug-likeness (QED) is 0.924. The summed E-state index contributed by atoms with van der Waals surface area (Å²) in [6.45, 7) is 7.14. The van der Waals surface area contributed by atoms with Gasteiger partial charge in [0.15, 0.2) is 0 Å². The standard InChI is InChI=1S/C16H22N2O2/c1-2-17-7-8-20-15(10-17)11-18-6-5-14-9-13(12-19)3-4-16(14)18/h3-6,9,15,19H,2,7-8,10-12H2,1H3. The monoisotopic (exact) mass is 274 g/mol. The van der Waals surface area contributed by atoms with Gasteiger partial charge in [-0.15, -0.1) is 0 Å². The molecule has 0 bridgehead atoms. The second-order valence-electron chi connectivity index (χ2n) is 5.41. The summed E-state index contributed by atoms with van der Waals surface area (Å²) in [6, 6.07) is 8.22. The SMILES string of the molecule is CCN1CCOC(Cn2ccc3cc(CO)ccc32)C1. The average Bonchev–Trinajstić information content (AvgIpc) is 2.89. The minimum atomic E-state index is 0.0956. The Balaban J connectivity index is 1.77. The third-order valence-electron chi connectivity index (χ3n) is 4.09. The molecule has 4 nitrogen and oxygen atoms in total. The number of aromatic nitrogens is 1. The molecule has 1 aromatic carbocycles. The molecule has 1 aliphatic rings. The van der Waals surface area contributed by atoms with Crippen LogP contribution in [-0.4, -0.2) is 46.9 Å². The lowest BCUT2D eigenvalue weighted by Crippen LogP contribution is -2.43. The highest BCUT2D eigenvalue weighted by atomic mass is 16.5. The molecule has 1 N–H and O–H groups in total. The van der Waals surface area contributed by atoms with E-state index in [4.69, 9.17) is 4.74 Å². The normalized spacial score (nSPS) is 20.6. The van der Waals surface area contributed by atoms with E-state index in [1.54, 1.807) is 0 Å². The van der Waals surface area contributed by atoms with Crippen LogP contribution >= 0.6 is 0 Å². The topological polar surface area (TPSA) is 37.6 Å². The number of morpholine rings is 1. The molecule has 1 atom stereocenters. The van der Waals surface area contributed by atoms with E-state index in [9.17, 15) is 5.11 Å². The zero-order valence-electron chi connectivity index (χ0n) is 12.0. The number of rotatable bonds is 4. The van der Waals surface area contributed by atoms with E-state index < -0.39 is 0 Å². The van der Waals surface area contributed by atoms with E-state index in [-0.39, 0.29) is 12.7 Å². The van der Waals surface area contributed by atoms with E-state index >= 15 is 0 Å². The summed E-state index contributed by atoms with van der Waals surface area (Å²) in [6.07, 6.45) is 2.37. The molecule has 20 heavy (non-hydrogen) atoms. The number of hydrogen-bond donors (Lipinski definition) is 1. The molecular formula is C16H22N2O2. The highest BCUT2D eigenvalue weighted by molar-refractivity contribution is 5.80. The van der Waals surface area contributed by atoms with Crippen molar-refractivity contribution in [1.29, 1.82) is 0 Å². The van der Waals surface area contributed by atoms with E-state index in [0.717, 1.165) is 38.3 Å². The van der Waals surface area contributed by atoms with Gasteiger partial charge in [0.1, 0.15) is 0 Å². The number of nitrogens with zero attached hydrogens (tertiary/aromatic N) is 2. The fourth-order valence-electron chi connectivity index (χ4n) is 2.90. The lowest BCUT2D eigenvalue weighted by atomic mass is 10.1. The molecule has 1 saturated heterocycles. The van der Waals surface area contributed by atoms with Crippen molar-refractivity contribution in [2.45, 2.75) is 26.2 Å². The summed E-state index contributed by atoms with van der Waals surface area (Å²) in [5, 5.41) is 10.4. The lowest BCUT2D eigenvalue weighted by Gasteiger charge is -2.32. The van der Waals surface area contributed by atoms with Crippen molar-refractivity contribution in [2.24, 2.45) is 0 Å². The first-order valence-electron chi connectivity index (χ1n) is 7.32. The molecular weight excluding hydrogens is 252 g/mol. The summed E-state index contributed by atoms with van der Waals surface area (Å²) in [5.41, 5.74) is 2.17. The van der Waals surface area contributed by atoms with Gasteiger partial charge in [0, 0.05) is 24.8 Å². The molecule has 0 spiro atoms. The zero-order valence-corrected chi connectivity index (χ0v) is 12.0. The fourth-order valence-corrected chi connectivity index (χ4v) is 2.90. The Hall–Kier alpha value is -1.36. The summed E-state index contributed by atoms with van der Waals surface area (Å²) in [7, 11) is 0. The largest absolute Gasteiger partial charge is 0.392 e. The molecule has 0 saturated carbocycles. The summed E-state index contributed by atoms with van der Waals surface area (Å²) in [5.74, 6) is 0. The molecule has 1 aliphatic heterocycles. The summed E-state index contributed by atoms with van der Waals surface area (Å²) in [4.78, 5) is 2.43. The zero-order chi connectivity index (χ0) is 13.9. The highest BCUT2D eigenvalue weighted by Crippen LogP contribution is 2.19. The maximum atomic E-state index is 9.19. The second-order valence-corrected chi connectivity index (χ2v) is 5.41. The lowest BCUT2D eigenvalue weighted by molar-refractivity contribution is -0.0337. The van der Waals surface area contributed by atoms with Gasteiger partial charge in [-0.3, -0.25) is 4.90 Å². The Bertz CT molecular complexity index is 579. The number of likely N-dealkylation sites (N-methyl/N-ethyl adjacent to an activating group) is 1. The van der Waals surface area contributed by atoms with Crippen LogP contribution in [0.15, 0.2) is 30.5 Å². The van der Waals surface area contributed by atoms with Crippen LogP contribution < -0.4 is 0 Å². The molecule has 2 heterocycles. The van der Waals surface area contributed by atoms with Gasteiger partial charge in [-0.25, -0.2) is 0 Å². The van der Waals surface area contributed by atoms with Crippen LogP contribution in [0.3, 0.4) is 0 Å². The molecule has 3 rings (SSSR count). The van der Waals surface area contributed by atoms with Crippen LogP contribution in [0.2, 0.25) is 0 Å². The molecule has 2 aromatic rings. The Morgan fingerprint density at radius 1 is 1.35 bits per heavy atom. The fraction of sp³-hybridized carbons (Fsp3) is 0.500. The van der Waals surface area contributed by atoms with Crippen LogP contribution in [-0.2, 0) is 17.9 Å². The van der Waals surface area contributed by atoms with Crippen molar-refractivity contribution in [3.63, 3.8) is 0 Å². The molecule has 1 aromatic heterocycles. The molecule has 108 valence electrons. The van der Waals surface area contributed by atoms with Gasteiger partial charge in [0.05, 0.1) is 25.9 Å². The molecule has 1 unspecified atom stereocenters. The second kappa shape index (κ2) is 5.95. The van der Waals surface area contributed by atoms with E-state index in [1.165, 1.54) is 10.9 Å². The molecule has 0 radical (unpaired) electrons. The van der Waals surface area contributed by atoms with Crippen molar-refractivity contribution in [1.82, 2.24) is 9.47 Å². The van der Waals surface area contributed by atoms with Gasteiger partial charge >= 0.3 is 0 Å². The average molecular weight is 274 g/mol. The highest BCUT2D eigenvalue weighted by Gasteiger charge is 2.19. The van der Waals surface area contributed by atoms with Crippen molar-refractivity contribution < 1.29 is 9.84 Å². The minimum Gasteiger partial charge on any atom is -0.392 e. The smallest absolute Gasteiger partial charge is 0.0881 e. The first kappa shape index (κ1) is 13.6. The number of fused-ring (bicyclic) bond motifs is 1. The Labute approximate surface area is 119 Å². The first-order valence-corrected chi connectivity index (χ1v) is 7.32. The van der Waals surface area contributed by atoms with Gasteiger partial charge in [0.25, 0.3) is 0 Å². The Morgan fingerprint density at radius 2 is 2.25 bits per heavy atom. The van der Waals surface area contributed by atoms with E-state index in [2.05, 4.69) is 34.7 Å². The van der Waals surface area contributed by atoms with Crippen LogP contribution in [0.25, 0.3) is 10.9 Å². The van der Waals surface area contributed by atoms with Crippen LogP contribution in [0.1, 0.15) is 12.5 Å². The van der Waals surface area contributed by atoms with Gasteiger partial charge in [-0.05, 0) is 35.7 Å². The number of benzene rings is 1. The third-order valence-corrected chi connectivity index (χ3v) is 4.09. The van der Waals surface area contributed by atoms with Gasteiger partial charge in [-0.2, -0.15) is 0 Å². The van der Waals surface area contributed by atoms with Crippen molar-refractivity contribution in [3.05, 3.63) is 36.0 Å². The van der Waals surface area contributed by atoms with Crippen molar-refractivity contribution >= 4 is 10.9 Å². The van der Waals surface area contributed by atoms with Gasteiger partial charge < -0.3 is 14.4 Å². The number of aliphatic hydroxyl groups excluding tert-OH is 1. The predicted molar refractivity (Wildman–Crippen MR) is 79.7 cm³/mol. The van der Waals surface area contributed by atoms with Crippen LogP contribution in [0.4, 0.5) is 0 Å². The van der Waals surface area contributed by atoms with Crippen molar-refractivity contribution in [3.8, 4) is 0 Å². The van der Waals surface area contributed by atoms with E-state index in [1.807, 2.05) is 12.1 Å². The van der Waals surface area contributed by atoms with Crippen LogP contribution in [0, 0.1) is 0 Å². The van der Waals surface area contributed by atoms with Gasteiger partial charge in [-0.1, -0.05) is 13.0 Å². The number of hydrogen-bond acceptors (Lipinski definition) is 3. The van der Waals surface area contributed by atoms with E-state index in [0.29, 0.717) is 0 Å². The predicted octanol–water partition coefficient (Wildman–Crippen LogP) is 1.85. The molecule has 4 heteroatoms.